The van der Waals surface area contributed by atoms with Gasteiger partial charge in [0.2, 0.25) is 0 Å². The first kappa shape index (κ1) is 18.6. The second-order valence-electron chi connectivity index (χ2n) is 8.87. The van der Waals surface area contributed by atoms with E-state index in [1.54, 1.807) is 6.08 Å². The number of carbonyl (C=O) groups is 1. The van der Waals surface area contributed by atoms with Crippen LogP contribution in [-0.4, -0.2) is 46.7 Å². The highest BCUT2D eigenvalue weighted by Gasteiger charge is 2.56. The van der Waals surface area contributed by atoms with Crippen LogP contribution in [0.15, 0.2) is 22.8 Å². The largest absolute Gasteiger partial charge is 0.458 e. The predicted octanol–water partition coefficient (Wildman–Crippen LogP) is 2.11. The molecule has 140 valence electrons. The molecule has 3 N–H and O–H groups in total. The van der Waals surface area contributed by atoms with E-state index >= 15 is 0 Å². The highest BCUT2D eigenvalue weighted by Crippen LogP contribution is 2.60. The Bertz CT molecular complexity index is 618. The van der Waals surface area contributed by atoms with Crippen molar-refractivity contribution in [2.75, 3.05) is 13.2 Å². The van der Waals surface area contributed by atoms with Crippen LogP contribution < -0.4 is 0 Å². The van der Waals surface area contributed by atoms with Crippen LogP contribution in [0.3, 0.4) is 0 Å². The van der Waals surface area contributed by atoms with Gasteiger partial charge < -0.3 is 20.1 Å². The Kier molecular flexibility index (Phi) is 4.86. The molecule has 4 unspecified atom stereocenters. The zero-order chi connectivity index (χ0) is 18.4. The third kappa shape index (κ3) is 3.29. The van der Waals surface area contributed by atoms with Crippen molar-refractivity contribution in [1.82, 2.24) is 0 Å². The average Bonchev–Trinajstić information content (AvgIpc) is 2.88. The van der Waals surface area contributed by atoms with Gasteiger partial charge in [0.15, 0.2) is 0 Å². The molecule has 0 aromatic rings. The molecule has 0 saturated heterocycles. The number of rotatable bonds is 4. The van der Waals surface area contributed by atoms with Crippen LogP contribution in [0.5, 0.6) is 0 Å². The zero-order valence-electron chi connectivity index (χ0n) is 15.4. The summed E-state index contributed by atoms with van der Waals surface area (Å²) in [4.78, 5) is 11.3. The predicted molar refractivity (Wildman–Crippen MR) is 93.6 cm³/mol. The Morgan fingerprint density at radius 3 is 2.52 bits per heavy atom. The van der Waals surface area contributed by atoms with Crippen molar-refractivity contribution in [1.29, 1.82) is 0 Å². The quantitative estimate of drug-likeness (QED) is 0.534. The summed E-state index contributed by atoms with van der Waals surface area (Å²) in [5, 5.41) is 31.2. The van der Waals surface area contributed by atoms with Gasteiger partial charge in [-0.2, -0.15) is 0 Å². The molecule has 5 nitrogen and oxygen atoms in total. The summed E-state index contributed by atoms with van der Waals surface area (Å²) in [6.45, 7) is 6.64. The lowest BCUT2D eigenvalue weighted by atomic mass is 9.48. The number of esters is 1. The molecule has 0 aromatic heterocycles. The van der Waals surface area contributed by atoms with Gasteiger partial charge in [0.25, 0.3) is 0 Å². The maximum Gasteiger partial charge on any atom is 0.331 e. The summed E-state index contributed by atoms with van der Waals surface area (Å²) < 4.78 is 4.98. The summed E-state index contributed by atoms with van der Waals surface area (Å²) in [7, 11) is 0. The van der Waals surface area contributed by atoms with Crippen LogP contribution in [0.4, 0.5) is 0 Å². The van der Waals surface area contributed by atoms with Gasteiger partial charge >= 0.3 is 5.97 Å². The van der Waals surface area contributed by atoms with Crippen molar-refractivity contribution in [3.05, 3.63) is 22.8 Å². The molecule has 4 atom stereocenters. The van der Waals surface area contributed by atoms with Gasteiger partial charge in [0, 0.05) is 6.08 Å². The molecule has 0 aromatic carbocycles. The minimum atomic E-state index is -0.506. The molecule has 1 fully saturated rings. The summed E-state index contributed by atoms with van der Waals surface area (Å²) in [5.74, 6) is -0.243. The Morgan fingerprint density at radius 2 is 1.92 bits per heavy atom. The van der Waals surface area contributed by atoms with Crippen LogP contribution >= 0.6 is 0 Å². The summed E-state index contributed by atoms with van der Waals surface area (Å²) in [6.07, 6.45) is 3.84. The SMILES string of the molecule is CC1(C)CC(O)CC2(C)C(CCC3=CC(=O)OC3)=C(CO)CC(O)C12. The molecular weight excluding hydrogens is 320 g/mol. The average molecular weight is 350 g/mol. The smallest absolute Gasteiger partial charge is 0.331 e. The van der Waals surface area contributed by atoms with E-state index < -0.39 is 12.2 Å². The molecule has 5 heteroatoms. The number of hydrogen-bond donors (Lipinski definition) is 3. The Labute approximate surface area is 149 Å². The monoisotopic (exact) mass is 350 g/mol. The lowest BCUT2D eigenvalue weighted by molar-refractivity contribution is -0.135. The van der Waals surface area contributed by atoms with Crippen molar-refractivity contribution in [2.45, 2.75) is 65.1 Å². The topological polar surface area (TPSA) is 87.0 Å². The number of carbonyl (C=O) groups excluding carboxylic acids is 1. The first-order chi connectivity index (χ1) is 11.7. The second kappa shape index (κ2) is 6.53. The van der Waals surface area contributed by atoms with E-state index in [1.165, 1.54) is 0 Å². The first-order valence-corrected chi connectivity index (χ1v) is 9.22. The number of allylic oxidation sites excluding steroid dienone is 1. The normalized spacial score (nSPS) is 37.6. The molecule has 1 saturated carbocycles. The van der Waals surface area contributed by atoms with E-state index in [1.807, 2.05) is 0 Å². The molecule has 2 aliphatic carbocycles. The lowest BCUT2D eigenvalue weighted by Crippen LogP contribution is -2.55. The van der Waals surface area contributed by atoms with Gasteiger partial charge in [-0.05, 0) is 60.0 Å². The fraction of sp³-hybridized carbons (Fsp3) is 0.750. The summed E-state index contributed by atoms with van der Waals surface area (Å²) in [6, 6.07) is 0. The highest BCUT2D eigenvalue weighted by molar-refractivity contribution is 5.85. The van der Waals surface area contributed by atoms with Gasteiger partial charge in [-0.3, -0.25) is 0 Å². The van der Waals surface area contributed by atoms with E-state index in [0.29, 0.717) is 32.3 Å². The fourth-order valence-corrected chi connectivity index (χ4v) is 5.90. The van der Waals surface area contributed by atoms with Gasteiger partial charge in [-0.15, -0.1) is 0 Å². The number of aliphatic hydroxyl groups excluding tert-OH is 3. The van der Waals surface area contributed by atoms with Gasteiger partial charge in [0.05, 0.1) is 18.8 Å². The Morgan fingerprint density at radius 1 is 1.20 bits per heavy atom. The molecule has 3 aliphatic rings. The van der Waals surface area contributed by atoms with Crippen molar-refractivity contribution in [3.63, 3.8) is 0 Å². The third-order valence-electron chi connectivity index (χ3n) is 6.51. The lowest BCUT2D eigenvalue weighted by Gasteiger charge is -2.58. The number of fused-ring (bicyclic) bond motifs is 1. The van der Waals surface area contributed by atoms with Crippen molar-refractivity contribution in [3.8, 4) is 0 Å². The maximum absolute atomic E-state index is 11.3. The molecule has 0 bridgehead atoms. The second-order valence-corrected chi connectivity index (χ2v) is 8.87. The van der Waals surface area contributed by atoms with Crippen molar-refractivity contribution >= 4 is 5.97 Å². The van der Waals surface area contributed by atoms with E-state index in [0.717, 1.165) is 23.1 Å². The van der Waals surface area contributed by atoms with Crippen LogP contribution in [0, 0.1) is 16.7 Å². The molecule has 0 amide bonds. The Balaban J connectivity index is 1.94. The van der Waals surface area contributed by atoms with Crippen molar-refractivity contribution < 1.29 is 24.9 Å². The summed E-state index contributed by atoms with van der Waals surface area (Å²) >= 11 is 0. The van der Waals surface area contributed by atoms with E-state index in [9.17, 15) is 20.1 Å². The maximum atomic E-state index is 11.3. The van der Waals surface area contributed by atoms with E-state index in [-0.39, 0.29) is 29.3 Å². The van der Waals surface area contributed by atoms with Gasteiger partial charge in [-0.25, -0.2) is 4.79 Å². The molecule has 1 aliphatic heterocycles. The third-order valence-corrected chi connectivity index (χ3v) is 6.51. The van der Waals surface area contributed by atoms with Crippen LogP contribution in [0.1, 0.15) is 52.9 Å². The number of hydrogen-bond acceptors (Lipinski definition) is 5. The molecule has 0 radical (unpaired) electrons. The van der Waals surface area contributed by atoms with Crippen LogP contribution in [0.2, 0.25) is 0 Å². The van der Waals surface area contributed by atoms with Crippen molar-refractivity contribution in [2.24, 2.45) is 16.7 Å². The fourth-order valence-electron chi connectivity index (χ4n) is 5.90. The van der Waals surface area contributed by atoms with Crippen LogP contribution in [0.25, 0.3) is 0 Å². The first-order valence-electron chi connectivity index (χ1n) is 9.22. The molecular formula is C20H30O5. The standard InChI is InChI=1S/C20H30O5/c1-19(2)8-14(22)9-20(3)15(5-4-12-6-17(24)25-11-12)13(10-21)7-16(23)18(19)20/h6,14,16,18,21-23H,4-5,7-11H2,1-3H3. The minimum Gasteiger partial charge on any atom is -0.458 e. The molecule has 1 heterocycles. The molecule has 25 heavy (non-hydrogen) atoms. The van der Waals surface area contributed by atoms with E-state index in [2.05, 4.69) is 20.8 Å². The summed E-state index contributed by atoms with van der Waals surface area (Å²) in [5.41, 5.74) is 2.49. The van der Waals surface area contributed by atoms with Gasteiger partial charge in [0.1, 0.15) is 6.61 Å². The highest BCUT2D eigenvalue weighted by atomic mass is 16.5. The number of cyclic esters (lactones) is 1. The van der Waals surface area contributed by atoms with E-state index in [4.69, 9.17) is 4.74 Å². The Hall–Kier alpha value is -1.17. The molecule has 3 rings (SSSR count). The minimum absolute atomic E-state index is 0.0455. The number of aliphatic hydroxyl groups is 3. The zero-order valence-corrected chi connectivity index (χ0v) is 15.4. The number of ether oxygens (including phenoxy) is 1. The van der Waals surface area contributed by atoms with Gasteiger partial charge in [-0.1, -0.05) is 26.3 Å². The van der Waals surface area contributed by atoms with Crippen LogP contribution in [-0.2, 0) is 9.53 Å². The molecule has 0 spiro atoms.